The molecule has 1 N–H and O–H groups in total. The lowest BCUT2D eigenvalue weighted by Crippen LogP contribution is -2.34. The molecule has 7 heteroatoms. The van der Waals surface area contributed by atoms with E-state index in [0.29, 0.717) is 6.04 Å². The van der Waals surface area contributed by atoms with Crippen LogP contribution in [0.15, 0.2) is 23.6 Å². The van der Waals surface area contributed by atoms with Gasteiger partial charge in [-0.15, -0.1) is 11.3 Å². The Balaban J connectivity index is 1.59. The van der Waals surface area contributed by atoms with Gasteiger partial charge in [0, 0.05) is 23.0 Å². The van der Waals surface area contributed by atoms with Gasteiger partial charge < -0.3 is 5.32 Å². The van der Waals surface area contributed by atoms with E-state index in [0.717, 1.165) is 34.1 Å². The monoisotopic (exact) mass is 377 g/mol. The molecule has 0 radical (unpaired) electrons. The van der Waals surface area contributed by atoms with E-state index < -0.39 is 10.0 Å². The van der Waals surface area contributed by atoms with Crippen LogP contribution in [0.3, 0.4) is 0 Å². The van der Waals surface area contributed by atoms with Crippen molar-refractivity contribution in [1.82, 2.24) is 4.98 Å². The summed E-state index contributed by atoms with van der Waals surface area (Å²) in [6, 6.07) is 6.51. The second-order valence-corrected chi connectivity index (χ2v) is 9.84. The number of nitrogens with one attached hydrogen (secondary N) is 1. The fraction of sp³-hybridized carbons (Fsp3) is 0.500. The molecule has 1 atom stereocenters. The minimum atomic E-state index is -3.24. The SMILES string of the molecule is C[C@@H]1Cc2cc(-c3csc(NC4CCCC4)n3)ccc2N1S(C)(=O)=O. The lowest BCUT2D eigenvalue weighted by molar-refractivity contribution is 0.590. The molecule has 0 saturated heterocycles. The van der Waals surface area contributed by atoms with E-state index in [1.807, 2.05) is 19.1 Å². The summed E-state index contributed by atoms with van der Waals surface area (Å²) in [6.07, 6.45) is 7.08. The molecule has 1 aromatic heterocycles. The Labute approximate surface area is 153 Å². The Kier molecular flexibility index (Phi) is 4.24. The van der Waals surface area contributed by atoms with Crippen molar-refractivity contribution in [3.05, 3.63) is 29.1 Å². The first-order chi connectivity index (χ1) is 11.9. The molecule has 5 nitrogen and oxygen atoms in total. The van der Waals surface area contributed by atoms with Crippen molar-refractivity contribution in [3.8, 4) is 11.3 Å². The highest BCUT2D eigenvalue weighted by Crippen LogP contribution is 2.37. The highest BCUT2D eigenvalue weighted by atomic mass is 32.2. The molecule has 4 rings (SSSR count). The Morgan fingerprint density at radius 2 is 2.04 bits per heavy atom. The summed E-state index contributed by atoms with van der Waals surface area (Å²) >= 11 is 1.64. The van der Waals surface area contributed by atoms with Gasteiger partial charge in [-0.3, -0.25) is 4.31 Å². The van der Waals surface area contributed by atoms with Crippen LogP contribution in [-0.2, 0) is 16.4 Å². The number of nitrogens with zero attached hydrogens (tertiary/aromatic N) is 2. The molecule has 1 fully saturated rings. The first-order valence-corrected chi connectivity index (χ1v) is 11.5. The van der Waals surface area contributed by atoms with Crippen LogP contribution in [0, 0.1) is 0 Å². The van der Waals surface area contributed by atoms with Crippen LogP contribution in [0.5, 0.6) is 0 Å². The Morgan fingerprint density at radius 1 is 1.28 bits per heavy atom. The van der Waals surface area contributed by atoms with E-state index in [9.17, 15) is 8.42 Å². The van der Waals surface area contributed by atoms with Gasteiger partial charge >= 0.3 is 0 Å². The van der Waals surface area contributed by atoms with Gasteiger partial charge in [0.25, 0.3) is 0 Å². The highest BCUT2D eigenvalue weighted by Gasteiger charge is 2.32. The van der Waals surface area contributed by atoms with Crippen LogP contribution in [-0.4, -0.2) is 31.7 Å². The molecule has 2 aromatic rings. The second kappa shape index (κ2) is 6.29. The molecule has 1 aliphatic carbocycles. The zero-order chi connectivity index (χ0) is 17.6. The second-order valence-electron chi connectivity index (χ2n) is 7.12. The number of anilines is 2. The van der Waals surface area contributed by atoms with Crippen molar-refractivity contribution in [2.24, 2.45) is 0 Å². The van der Waals surface area contributed by atoms with Crippen LogP contribution >= 0.6 is 11.3 Å². The van der Waals surface area contributed by atoms with E-state index in [2.05, 4.69) is 16.8 Å². The fourth-order valence-corrected chi connectivity index (χ4v) is 6.05. The van der Waals surface area contributed by atoms with Crippen molar-refractivity contribution in [1.29, 1.82) is 0 Å². The third kappa shape index (κ3) is 3.27. The van der Waals surface area contributed by atoms with E-state index in [1.165, 1.54) is 36.2 Å². The molecule has 2 aliphatic rings. The predicted octanol–water partition coefficient (Wildman–Crippen LogP) is 3.88. The van der Waals surface area contributed by atoms with E-state index >= 15 is 0 Å². The summed E-state index contributed by atoms with van der Waals surface area (Å²) < 4.78 is 25.6. The van der Waals surface area contributed by atoms with Gasteiger partial charge in [0.1, 0.15) is 0 Å². The van der Waals surface area contributed by atoms with Gasteiger partial charge in [-0.1, -0.05) is 18.9 Å². The van der Waals surface area contributed by atoms with E-state index in [-0.39, 0.29) is 6.04 Å². The minimum Gasteiger partial charge on any atom is -0.359 e. The Hall–Kier alpha value is -1.60. The van der Waals surface area contributed by atoms with Gasteiger partial charge in [-0.05, 0) is 43.9 Å². The zero-order valence-corrected chi connectivity index (χ0v) is 16.2. The molecule has 25 heavy (non-hydrogen) atoms. The van der Waals surface area contributed by atoms with Crippen molar-refractivity contribution >= 4 is 32.2 Å². The standard InChI is InChI=1S/C18H23N3O2S2/c1-12-9-14-10-13(7-8-17(14)21(12)25(2,22)23)16-11-24-18(20-16)19-15-5-3-4-6-15/h7-8,10-12,15H,3-6,9H2,1-2H3,(H,19,20)/t12-/m1/s1. The fourth-order valence-electron chi connectivity index (χ4n) is 3.98. The van der Waals surface area contributed by atoms with Gasteiger partial charge in [0.15, 0.2) is 5.13 Å². The first kappa shape index (κ1) is 16.8. The molecule has 1 aromatic carbocycles. The topological polar surface area (TPSA) is 62.3 Å². The molecule has 0 spiro atoms. The van der Waals surface area contributed by atoms with E-state index in [1.54, 1.807) is 11.3 Å². The lowest BCUT2D eigenvalue weighted by atomic mass is 10.1. The molecule has 0 amide bonds. The van der Waals surface area contributed by atoms with Gasteiger partial charge in [0.2, 0.25) is 10.0 Å². The largest absolute Gasteiger partial charge is 0.359 e. The van der Waals surface area contributed by atoms with Gasteiger partial charge in [-0.2, -0.15) is 0 Å². The number of fused-ring (bicyclic) bond motifs is 1. The van der Waals surface area contributed by atoms with Crippen LogP contribution < -0.4 is 9.62 Å². The Morgan fingerprint density at radius 3 is 2.76 bits per heavy atom. The van der Waals surface area contributed by atoms with Crippen LogP contribution in [0.4, 0.5) is 10.8 Å². The maximum absolute atomic E-state index is 12.0. The minimum absolute atomic E-state index is 0.0321. The summed E-state index contributed by atoms with van der Waals surface area (Å²) in [5.74, 6) is 0. The normalized spacial score (nSPS) is 20.9. The summed E-state index contributed by atoms with van der Waals surface area (Å²) in [5.41, 5.74) is 3.89. The summed E-state index contributed by atoms with van der Waals surface area (Å²) in [7, 11) is -3.24. The third-order valence-corrected chi connectivity index (χ3v) is 7.12. The molecule has 1 saturated carbocycles. The van der Waals surface area contributed by atoms with E-state index in [4.69, 9.17) is 4.98 Å². The van der Waals surface area contributed by atoms with Crippen LogP contribution in [0.25, 0.3) is 11.3 Å². The molecule has 1 aliphatic heterocycles. The number of rotatable bonds is 4. The predicted molar refractivity (Wildman–Crippen MR) is 104 cm³/mol. The van der Waals surface area contributed by atoms with Crippen LogP contribution in [0.2, 0.25) is 0 Å². The highest BCUT2D eigenvalue weighted by molar-refractivity contribution is 7.92. The molecule has 0 unspecified atom stereocenters. The average Bonchev–Trinajstić information content (AvgIpc) is 3.24. The number of sulfonamides is 1. The maximum atomic E-state index is 12.0. The number of hydrogen-bond donors (Lipinski definition) is 1. The van der Waals surface area contributed by atoms with Crippen molar-refractivity contribution < 1.29 is 8.42 Å². The molecule has 134 valence electrons. The lowest BCUT2D eigenvalue weighted by Gasteiger charge is -2.21. The van der Waals surface area contributed by atoms with Crippen molar-refractivity contribution in [2.45, 2.75) is 51.1 Å². The van der Waals surface area contributed by atoms with Crippen molar-refractivity contribution in [2.75, 3.05) is 15.9 Å². The first-order valence-electron chi connectivity index (χ1n) is 8.76. The average molecular weight is 378 g/mol. The van der Waals surface area contributed by atoms with Gasteiger partial charge in [0.05, 0.1) is 17.6 Å². The molecular weight excluding hydrogens is 354 g/mol. The smallest absolute Gasteiger partial charge is 0.232 e. The quantitative estimate of drug-likeness (QED) is 0.878. The Bertz CT molecular complexity index is 885. The number of aromatic nitrogens is 1. The summed E-state index contributed by atoms with van der Waals surface area (Å²) in [4.78, 5) is 4.73. The van der Waals surface area contributed by atoms with Crippen LogP contribution in [0.1, 0.15) is 38.2 Å². The maximum Gasteiger partial charge on any atom is 0.232 e. The van der Waals surface area contributed by atoms with Crippen molar-refractivity contribution in [3.63, 3.8) is 0 Å². The molecule has 0 bridgehead atoms. The summed E-state index contributed by atoms with van der Waals surface area (Å²) in [5, 5.41) is 6.59. The number of benzene rings is 1. The number of thiazole rings is 1. The zero-order valence-electron chi connectivity index (χ0n) is 14.5. The van der Waals surface area contributed by atoms with Gasteiger partial charge in [-0.25, -0.2) is 13.4 Å². The number of hydrogen-bond acceptors (Lipinski definition) is 5. The third-order valence-electron chi connectivity index (χ3n) is 5.07. The molecular formula is C18H23N3O2S2. The summed E-state index contributed by atoms with van der Waals surface area (Å²) in [6.45, 7) is 1.95. The molecule has 2 heterocycles.